The van der Waals surface area contributed by atoms with Gasteiger partial charge in [-0.05, 0) is 31.5 Å². The normalized spacial score (nSPS) is 19.7. The lowest BCUT2D eigenvalue weighted by Crippen LogP contribution is -2.33. The Morgan fingerprint density at radius 1 is 1.42 bits per heavy atom. The lowest BCUT2D eigenvalue weighted by molar-refractivity contribution is 0.218. The number of piperidine rings is 1. The van der Waals surface area contributed by atoms with Crippen LogP contribution < -0.4 is 10.1 Å². The van der Waals surface area contributed by atoms with Gasteiger partial charge in [0.25, 0.3) is 0 Å². The minimum absolute atomic E-state index is 0.636. The summed E-state index contributed by atoms with van der Waals surface area (Å²) in [4.78, 5) is 7.82. The average Bonchev–Trinajstić information content (AvgIpc) is 2.88. The second-order valence-corrected chi connectivity index (χ2v) is 5.24. The number of H-pyrrole nitrogens is 1. The number of hydrogen-bond acceptors (Lipinski definition) is 3. The van der Waals surface area contributed by atoms with E-state index in [-0.39, 0.29) is 0 Å². The van der Waals surface area contributed by atoms with Crippen molar-refractivity contribution in [2.45, 2.75) is 26.2 Å². The fourth-order valence-electron chi connectivity index (χ4n) is 2.58. The number of ether oxygens (including phenoxy) is 1. The lowest BCUT2D eigenvalue weighted by atomic mass is 10.0. The second kappa shape index (κ2) is 5.61. The molecule has 1 aliphatic heterocycles. The first-order chi connectivity index (χ1) is 9.35. The molecule has 1 unspecified atom stereocenters. The first-order valence-corrected chi connectivity index (χ1v) is 7.17. The van der Waals surface area contributed by atoms with Crippen molar-refractivity contribution in [1.82, 2.24) is 15.3 Å². The van der Waals surface area contributed by atoms with E-state index >= 15 is 0 Å². The number of aromatic nitrogens is 2. The number of aromatic amines is 1. The molecule has 102 valence electrons. The van der Waals surface area contributed by atoms with Gasteiger partial charge in [0, 0.05) is 24.9 Å². The van der Waals surface area contributed by atoms with E-state index in [1.165, 1.54) is 12.8 Å². The molecule has 0 amide bonds. The summed E-state index contributed by atoms with van der Waals surface area (Å²) in [5.74, 6) is 2.60. The van der Waals surface area contributed by atoms with Gasteiger partial charge in [-0.2, -0.15) is 0 Å². The molecule has 3 rings (SSSR count). The molecule has 2 aromatic rings. The number of imidazole rings is 1. The minimum Gasteiger partial charge on any atom is -0.493 e. The number of benzene rings is 1. The summed E-state index contributed by atoms with van der Waals surface area (Å²) in [5.41, 5.74) is 2.08. The van der Waals surface area contributed by atoms with Crippen LogP contribution in [0, 0.1) is 5.92 Å². The molecule has 0 saturated carbocycles. The van der Waals surface area contributed by atoms with Gasteiger partial charge in [-0.25, -0.2) is 4.98 Å². The Labute approximate surface area is 113 Å². The monoisotopic (exact) mass is 259 g/mol. The Morgan fingerprint density at radius 2 is 2.37 bits per heavy atom. The summed E-state index contributed by atoms with van der Waals surface area (Å²) >= 11 is 0. The van der Waals surface area contributed by atoms with Crippen LogP contribution >= 0.6 is 0 Å². The summed E-state index contributed by atoms with van der Waals surface area (Å²) in [5, 5.41) is 3.42. The maximum absolute atomic E-state index is 5.91. The highest BCUT2D eigenvalue weighted by Crippen LogP contribution is 2.20. The first kappa shape index (κ1) is 12.5. The van der Waals surface area contributed by atoms with Crippen LogP contribution in [-0.2, 0) is 6.42 Å². The Bertz CT molecular complexity index is 543. The van der Waals surface area contributed by atoms with Crippen molar-refractivity contribution in [1.29, 1.82) is 0 Å². The average molecular weight is 259 g/mol. The molecule has 1 fully saturated rings. The SMILES string of the molecule is CCc1nc2ccc(OCC3CCCNC3)cc2[nH]1. The summed E-state index contributed by atoms with van der Waals surface area (Å²) in [6.45, 7) is 5.13. The van der Waals surface area contributed by atoms with Crippen molar-refractivity contribution in [2.24, 2.45) is 5.92 Å². The molecule has 19 heavy (non-hydrogen) atoms. The highest BCUT2D eigenvalue weighted by atomic mass is 16.5. The number of nitrogens with zero attached hydrogens (tertiary/aromatic N) is 1. The second-order valence-electron chi connectivity index (χ2n) is 5.24. The molecule has 4 nitrogen and oxygen atoms in total. The van der Waals surface area contributed by atoms with Crippen molar-refractivity contribution in [2.75, 3.05) is 19.7 Å². The third kappa shape index (κ3) is 2.89. The third-order valence-corrected chi connectivity index (χ3v) is 3.72. The van der Waals surface area contributed by atoms with Crippen LogP contribution in [0.3, 0.4) is 0 Å². The Kier molecular flexibility index (Phi) is 3.69. The Hall–Kier alpha value is -1.55. The van der Waals surface area contributed by atoms with Gasteiger partial charge in [0.15, 0.2) is 0 Å². The first-order valence-electron chi connectivity index (χ1n) is 7.17. The van der Waals surface area contributed by atoms with Crippen molar-refractivity contribution in [3.8, 4) is 5.75 Å². The van der Waals surface area contributed by atoms with Crippen LogP contribution in [-0.4, -0.2) is 29.7 Å². The molecule has 1 saturated heterocycles. The molecule has 1 aromatic heterocycles. The Balaban J connectivity index is 1.66. The fraction of sp³-hybridized carbons (Fsp3) is 0.533. The molecule has 0 spiro atoms. The molecular weight excluding hydrogens is 238 g/mol. The summed E-state index contributed by atoms with van der Waals surface area (Å²) in [7, 11) is 0. The highest BCUT2D eigenvalue weighted by molar-refractivity contribution is 5.76. The molecule has 1 aromatic carbocycles. The number of nitrogens with one attached hydrogen (secondary N) is 2. The van der Waals surface area contributed by atoms with Gasteiger partial charge in [0.05, 0.1) is 17.6 Å². The Morgan fingerprint density at radius 3 is 3.16 bits per heavy atom. The molecule has 0 bridgehead atoms. The zero-order chi connectivity index (χ0) is 13.1. The fourth-order valence-corrected chi connectivity index (χ4v) is 2.58. The molecule has 0 aliphatic carbocycles. The smallest absolute Gasteiger partial charge is 0.121 e. The van der Waals surface area contributed by atoms with Crippen LogP contribution in [0.25, 0.3) is 11.0 Å². The predicted octanol–water partition coefficient (Wildman–Crippen LogP) is 2.50. The van der Waals surface area contributed by atoms with Crippen LogP contribution in [0.4, 0.5) is 0 Å². The van der Waals surface area contributed by atoms with Gasteiger partial charge < -0.3 is 15.0 Å². The molecule has 4 heteroatoms. The molecule has 2 heterocycles. The largest absolute Gasteiger partial charge is 0.493 e. The van der Waals surface area contributed by atoms with Crippen LogP contribution in [0.1, 0.15) is 25.6 Å². The van der Waals surface area contributed by atoms with E-state index in [2.05, 4.69) is 28.3 Å². The number of hydrogen-bond donors (Lipinski definition) is 2. The quantitative estimate of drug-likeness (QED) is 0.887. The van der Waals surface area contributed by atoms with Gasteiger partial charge in [-0.3, -0.25) is 0 Å². The molecule has 0 radical (unpaired) electrons. The number of aryl methyl sites for hydroxylation is 1. The molecule has 1 aliphatic rings. The van der Waals surface area contributed by atoms with E-state index in [9.17, 15) is 0 Å². The predicted molar refractivity (Wildman–Crippen MR) is 76.6 cm³/mol. The molecule has 2 N–H and O–H groups in total. The van der Waals surface area contributed by atoms with E-state index in [4.69, 9.17) is 4.74 Å². The van der Waals surface area contributed by atoms with Crippen LogP contribution in [0.2, 0.25) is 0 Å². The number of fused-ring (bicyclic) bond motifs is 1. The van der Waals surface area contributed by atoms with Crippen molar-refractivity contribution in [3.05, 3.63) is 24.0 Å². The van der Waals surface area contributed by atoms with Crippen molar-refractivity contribution in [3.63, 3.8) is 0 Å². The standard InChI is InChI=1S/C15H21N3O/c1-2-15-17-13-6-5-12(8-14(13)18-15)19-10-11-4-3-7-16-9-11/h5-6,8,11,16H,2-4,7,9-10H2,1H3,(H,17,18). The third-order valence-electron chi connectivity index (χ3n) is 3.72. The van der Waals surface area contributed by atoms with Gasteiger partial charge in [0.1, 0.15) is 11.6 Å². The topological polar surface area (TPSA) is 49.9 Å². The van der Waals surface area contributed by atoms with Gasteiger partial charge >= 0.3 is 0 Å². The highest BCUT2D eigenvalue weighted by Gasteiger charge is 2.13. The van der Waals surface area contributed by atoms with Crippen molar-refractivity contribution >= 4 is 11.0 Å². The van der Waals surface area contributed by atoms with E-state index in [1.807, 2.05) is 12.1 Å². The summed E-state index contributed by atoms with van der Waals surface area (Å²) in [6.07, 6.45) is 3.45. The maximum Gasteiger partial charge on any atom is 0.121 e. The maximum atomic E-state index is 5.91. The van der Waals surface area contributed by atoms with Crippen molar-refractivity contribution < 1.29 is 4.74 Å². The molecule has 1 atom stereocenters. The summed E-state index contributed by atoms with van der Waals surface area (Å²) in [6, 6.07) is 6.09. The van der Waals surface area contributed by atoms with E-state index in [0.717, 1.165) is 48.7 Å². The van der Waals surface area contributed by atoms with Crippen LogP contribution in [0.15, 0.2) is 18.2 Å². The van der Waals surface area contributed by atoms with Gasteiger partial charge in [0.2, 0.25) is 0 Å². The zero-order valence-corrected chi connectivity index (χ0v) is 11.4. The lowest BCUT2D eigenvalue weighted by Gasteiger charge is -2.22. The summed E-state index contributed by atoms with van der Waals surface area (Å²) < 4.78 is 5.91. The van der Waals surface area contributed by atoms with Crippen LogP contribution in [0.5, 0.6) is 5.75 Å². The van der Waals surface area contributed by atoms with E-state index < -0.39 is 0 Å². The van der Waals surface area contributed by atoms with Gasteiger partial charge in [-0.1, -0.05) is 6.92 Å². The number of rotatable bonds is 4. The molecular formula is C15H21N3O. The zero-order valence-electron chi connectivity index (χ0n) is 11.4. The minimum atomic E-state index is 0.636. The van der Waals surface area contributed by atoms with E-state index in [0.29, 0.717) is 5.92 Å². The van der Waals surface area contributed by atoms with Gasteiger partial charge in [-0.15, -0.1) is 0 Å². The van der Waals surface area contributed by atoms with E-state index in [1.54, 1.807) is 0 Å².